The van der Waals surface area contributed by atoms with Crippen molar-refractivity contribution in [3.63, 3.8) is 0 Å². The Kier molecular flexibility index (Phi) is 4.57. The van der Waals surface area contributed by atoms with Crippen molar-refractivity contribution in [3.05, 3.63) is 35.4 Å². The van der Waals surface area contributed by atoms with Crippen LogP contribution in [0, 0.1) is 0 Å². The largest absolute Gasteiger partial charge is 0.388 e. The van der Waals surface area contributed by atoms with Gasteiger partial charge in [-0.05, 0) is 42.9 Å². The smallest absolute Gasteiger partial charge is 0.0802 e. The van der Waals surface area contributed by atoms with Crippen molar-refractivity contribution in [2.75, 3.05) is 6.54 Å². The molecular weight excluding hydrogens is 210 g/mol. The van der Waals surface area contributed by atoms with Crippen LogP contribution in [-0.4, -0.2) is 11.7 Å². The maximum atomic E-state index is 9.84. The van der Waals surface area contributed by atoms with E-state index in [2.05, 4.69) is 24.3 Å². The maximum absolute atomic E-state index is 9.84. The van der Waals surface area contributed by atoms with Gasteiger partial charge in [0.05, 0.1) is 6.10 Å². The van der Waals surface area contributed by atoms with E-state index in [-0.39, 0.29) is 0 Å². The Balaban J connectivity index is 2.01. The van der Waals surface area contributed by atoms with Crippen LogP contribution < -0.4 is 5.73 Å². The number of nitrogens with two attached hydrogens (primary N) is 1. The lowest BCUT2D eigenvalue weighted by Gasteiger charge is -2.22. The first kappa shape index (κ1) is 12.6. The molecule has 2 nitrogen and oxygen atoms in total. The fourth-order valence-corrected chi connectivity index (χ4v) is 2.75. The minimum absolute atomic E-state index is 0.402. The quantitative estimate of drug-likeness (QED) is 0.839. The topological polar surface area (TPSA) is 46.2 Å². The summed E-state index contributed by atoms with van der Waals surface area (Å²) in [4.78, 5) is 0. The number of aliphatic hydroxyl groups excluding tert-OH is 1. The highest BCUT2D eigenvalue weighted by molar-refractivity contribution is 5.27. The molecular formula is C15H23NO. The fourth-order valence-electron chi connectivity index (χ4n) is 2.75. The van der Waals surface area contributed by atoms with Crippen LogP contribution in [0.5, 0.6) is 0 Å². The summed E-state index contributed by atoms with van der Waals surface area (Å²) in [7, 11) is 0. The van der Waals surface area contributed by atoms with Gasteiger partial charge in [-0.3, -0.25) is 0 Å². The molecule has 1 aromatic carbocycles. The predicted molar refractivity (Wildman–Crippen MR) is 70.9 cm³/mol. The SMILES string of the molecule is NCCC(O)c1ccc(C2CCCCC2)cc1. The monoisotopic (exact) mass is 233 g/mol. The first-order valence-corrected chi connectivity index (χ1v) is 6.79. The Morgan fingerprint density at radius 2 is 1.76 bits per heavy atom. The molecule has 17 heavy (non-hydrogen) atoms. The van der Waals surface area contributed by atoms with Gasteiger partial charge in [0, 0.05) is 0 Å². The zero-order valence-corrected chi connectivity index (χ0v) is 10.4. The van der Waals surface area contributed by atoms with Crippen molar-refractivity contribution < 1.29 is 5.11 Å². The number of aliphatic hydroxyl groups is 1. The molecule has 1 atom stereocenters. The molecule has 2 rings (SSSR count). The zero-order valence-electron chi connectivity index (χ0n) is 10.4. The van der Waals surface area contributed by atoms with E-state index < -0.39 is 6.10 Å². The lowest BCUT2D eigenvalue weighted by atomic mass is 9.84. The Hall–Kier alpha value is -0.860. The molecule has 1 unspecified atom stereocenters. The van der Waals surface area contributed by atoms with E-state index in [1.165, 1.54) is 37.7 Å². The molecule has 0 aromatic heterocycles. The van der Waals surface area contributed by atoms with Gasteiger partial charge < -0.3 is 10.8 Å². The average Bonchev–Trinajstić information content (AvgIpc) is 2.40. The van der Waals surface area contributed by atoms with Gasteiger partial charge in [-0.1, -0.05) is 43.5 Å². The summed E-state index contributed by atoms with van der Waals surface area (Å²) in [6, 6.07) is 8.49. The molecule has 0 amide bonds. The summed E-state index contributed by atoms with van der Waals surface area (Å²) in [5, 5.41) is 9.84. The van der Waals surface area contributed by atoms with Gasteiger partial charge in [-0.25, -0.2) is 0 Å². The Bertz CT molecular complexity index is 327. The highest BCUT2D eigenvalue weighted by atomic mass is 16.3. The summed E-state index contributed by atoms with van der Waals surface area (Å²) >= 11 is 0. The summed E-state index contributed by atoms with van der Waals surface area (Å²) in [6.07, 6.45) is 7.01. The van der Waals surface area contributed by atoms with Crippen LogP contribution in [0.15, 0.2) is 24.3 Å². The van der Waals surface area contributed by atoms with Crippen LogP contribution >= 0.6 is 0 Å². The second-order valence-corrected chi connectivity index (χ2v) is 5.09. The first-order chi connectivity index (χ1) is 8.31. The van der Waals surface area contributed by atoms with Crippen molar-refractivity contribution in [2.24, 2.45) is 5.73 Å². The lowest BCUT2D eigenvalue weighted by Crippen LogP contribution is -2.07. The van der Waals surface area contributed by atoms with Crippen molar-refractivity contribution in [3.8, 4) is 0 Å². The summed E-state index contributed by atoms with van der Waals surface area (Å²) in [5.41, 5.74) is 7.89. The third-order valence-corrected chi connectivity index (χ3v) is 3.84. The molecule has 1 aliphatic carbocycles. The van der Waals surface area contributed by atoms with Crippen molar-refractivity contribution in [1.82, 2.24) is 0 Å². The van der Waals surface area contributed by atoms with Gasteiger partial charge >= 0.3 is 0 Å². The summed E-state index contributed by atoms with van der Waals surface area (Å²) < 4.78 is 0. The number of benzene rings is 1. The first-order valence-electron chi connectivity index (χ1n) is 6.79. The minimum atomic E-state index is -0.402. The Morgan fingerprint density at radius 3 is 2.35 bits per heavy atom. The molecule has 1 aliphatic rings. The zero-order chi connectivity index (χ0) is 12.1. The third kappa shape index (κ3) is 3.30. The molecule has 94 valence electrons. The predicted octanol–water partition coefficient (Wildman–Crippen LogP) is 3.12. The van der Waals surface area contributed by atoms with E-state index in [0.29, 0.717) is 13.0 Å². The van der Waals surface area contributed by atoms with Crippen LogP contribution in [0.1, 0.15) is 61.7 Å². The molecule has 1 aromatic rings. The Morgan fingerprint density at radius 1 is 1.12 bits per heavy atom. The summed E-state index contributed by atoms with van der Waals surface area (Å²) in [5.74, 6) is 0.740. The molecule has 1 fully saturated rings. The van der Waals surface area contributed by atoms with E-state index in [4.69, 9.17) is 5.73 Å². The van der Waals surface area contributed by atoms with E-state index in [0.717, 1.165) is 11.5 Å². The molecule has 1 saturated carbocycles. The van der Waals surface area contributed by atoms with E-state index in [1.807, 2.05) is 0 Å². The van der Waals surface area contributed by atoms with Gasteiger partial charge in [0.25, 0.3) is 0 Å². The molecule has 0 aliphatic heterocycles. The van der Waals surface area contributed by atoms with Crippen LogP contribution in [0.4, 0.5) is 0 Å². The average molecular weight is 233 g/mol. The third-order valence-electron chi connectivity index (χ3n) is 3.84. The van der Waals surface area contributed by atoms with E-state index in [9.17, 15) is 5.11 Å². The van der Waals surface area contributed by atoms with Crippen molar-refractivity contribution in [2.45, 2.75) is 50.5 Å². The number of hydrogen-bond donors (Lipinski definition) is 2. The standard InChI is InChI=1S/C15H23NO/c16-11-10-15(17)14-8-6-13(7-9-14)12-4-2-1-3-5-12/h6-9,12,15,17H,1-5,10-11,16H2. The van der Waals surface area contributed by atoms with Crippen LogP contribution in [-0.2, 0) is 0 Å². The van der Waals surface area contributed by atoms with E-state index in [1.54, 1.807) is 0 Å². The van der Waals surface area contributed by atoms with Crippen molar-refractivity contribution >= 4 is 0 Å². The number of hydrogen-bond acceptors (Lipinski definition) is 2. The van der Waals surface area contributed by atoms with Gasteiger partial charge in [-0.15, -0.1) is 0 Å². The number of rotatable bonds is 4. The second kappa shape index (κ2) is 6.18. The normalized spacial score (nSPS) is 19.2. The minimum Gasteiger partial charge on any atom is -0.388 e. The molecule has 0 bridgehead atoms. The van der Waals surface area contributed by atoms with Crippen LogP contribution in [0.25, 0.3) is 0 Å². The van der Waals surface area contributed by atoms with Gasteiger partial charge in [-0.2, -0.15) is 0 Å². The highest BCUT2D eigenvalue weighted by Gasteiger charge is 2.15. The van der Waals surface area contributed by atoms with Gasteiger partial charge in [0.2, 0.25) is 0 Å². The highest BCUT2D eigenvalue weighted by Crippen LogP contribution is 2.33. The molecule has 3 N–H and O–H groups in total. The van der Waals surface area contributed by atoms with Gasteiger partial charge in [0.15, 0.2) is 0 Å². The summed E-state index contributed by atoms with van der Waals surface area (Å²) in [6.45, 7) is 0.533. The molecule has 0 heterocycles. The van der Waals surface area contributed by atoms with Gasteiger partial charge in [0.1, 0.15) is 0 Å². The molecule has 0 spiro atoms. The van der Waals surface area contributed by atoms with E-state index >= 15 is 0 Å². The maximum Gasteiger partial charge on any atom is 0.0802 e. The van der Waals surface area contributed by atoms with Crippen LogP contribution in [0.2, 0.25) is 0 Å². The Labute approximate surface area is 104 Å². The lowest BCUT2D eigenvalue weighted by molar-refractivity contribution is 0.170. The molecule has 0 radical (unpaired) electrons. The van der Waals surface area contributed by atoms with Crippen LogP contribution in [0.3, 0.4) is 0 Å². The molecule has 2 heteroatoms. The molecule has 0 saturated heterocycles. The second-order valence-electron chi connectivity index (χ2n) is 5.09. The van der Waals surface area contributed by atoms with Crippen molar-refractivity contribution in [1.29, 1.82) is 0 Å². The fraction of sp³-hybridized carbons (Fsp3) is 0.600.